The summed E-state index contributed by atoms with van der Waals surface area (Å²) in [5, 5.41) is 42.1. The smallest absolute Gasteiger partial charge is 0.310 e. The van der Waals surface area contributed by atoms with E-state index in [9.17, 15) is 30.4 Å². The van der Waals surface area contributed by atoms with Gasteiger partial charge in [0.25, 0.3) is 0 Å². The molecule has 3 heterocycles. The van der Waals surface area contributed by atoms with E-state index in [2.05, 4.69) is 29.2 Å². The molecule has 1 aliphatic carbocycles. The highest BCUT2D eigenvalue weighted by atomic mass is 16.6. The first kappa shape index (κ1) is 27.7. The van der Waals surface area contributed by atoms with Gasteiger partial charge in [-0.2, -0.15) is 0 Å². The summed E-state index contributed by atoms with van der Waals surface area (Å²) in [6.07, 6.45) is 2.29. The third-order valence-electron chi connectivity index (χ3n) is 9.42. The number of piperidine rings is 3. The summed E-state index contributed by atoms with van der Waals surface area (Å²) in [7, 11) is 0. The summed E-state index contributed by atoms with van der Waals surface area (Å²) in [4.78, 5) is 23.4. The van der Waals surface area contributed by atoms with E-state index in [1.807, 2.05) is 24.3 Å². The Morgan fingerprint density at radius 2 is 1.05 bits per heavy atom. The van der Waals surface area contributed by atoms with Crippen LogP contribution in [0.15, 0.2) is 84.9 Å². The predicted octanol–water partition coefficient (Wildman–Crippen LogP) is 6.76. The largest absolute Gasteiger partial charge is 0.502 e. The second-order valence-electron chi connectivity index (χ2n) is 11.9. The van der Waals surface area contributed by atoms with Gasteiger partial charge in [0.05, 0.1) is 9.85 Å². The van der Waals surface area contributed by atoms with Crippen molar-refractivity contribution in [3.63, 3.8) is 0 Å². The fourth-order valence-corrected chi connectivity index (χ4v) is 7.83. The van der Waals surface area contributed by atoms with Crippen LogP contribution in [0, 0.1) is 38.0 Å². The van der Waals surface area contributed by atoms with Crippen LogP contribution in [-0.2, 0) is 5.41 Å². The Bertz CT molecular complexity index is 1620. The highest BCUT2D eigenvalue weighted by Crippen LogP contribution is 2.59. The average Bonchev–Trinajstić information content (AvgIpc) is 2.98. The standard InChI is InChI=1S/C33H29N3O8/c37-31-15-27(9-11-29(31)35(39)40)43-25-5-1-21(2-6-25)33(23-13-20-14-24(33)19-34(17-20)18-23)22-3-7-26(8-4-22)44-28-10-12-30(36(41)42)32(38)16-28/h1-12,15-16,20,23-24,37-38H,13-14,17-19H2. The minimum Gasteiger partial charge on any atom is -0.502 e. The van der Waals surface area contributed by atoms with E-state index in [4.69, 9.17) is 9.47 Å². The molecule has 11 heteroatoms. The minimum absolute atomic E-state index is 0.221. The first-order valence-electron chi connectivity index (χ1n) is 14.4. The summed E-state index contributed by atoms with van der Waals surface area (Å²) in [6.45, 7) is 3.20. The van der Waals surface area contributed by atoms with Crippen LogP contribution in [0.5, 0.6) is 34.5 Å². The molecule has 44 heavy (non-hydrogen) atoms. The van der Waals surface area contributed by atoms with Crippen molar-refractivity contribution >= 4 is 11.4 Å². The van der Waals surface area contributed by atoms with E-state index in [0.29, 0.717) is 40.8 Å². The number of hydrogen-bond donors (Lipinski definition) is 2. The number of ether oxygens (including phenoxy) is 2. The van der Waals surface area contributed by atoms with Gasteiger partial charge in [0.15, 0.2) is 11.5 Å². The lowest BCUT2D eigenvalue weighted by Crippen LogP contribution is -2.65. The third kappa shape index (κ3) is 4.65. The molecule has 0 aromatic heterocycles. The molecule has 1 saturated carbocycles. The molecule has 0 spiro atoms. The van der Waals surface area contributed by atoms with Crippen molar-refractivity contribution in [2.45, 2.75) is 18.3 Å². The number of benzene rings is 4. The number of aromatic hydroxyl groups is 2. The van der Waals surface area contributed by atoms with E-state index < -0.39 is 21.3 Å². The number of nitro groups is 2. The molecule has 4 aromatic carbocycles. The number of nitro benzene ring substituents is 2. The van der Waals surface area contributed by atoms with E-state index in [1.165, 1.54) is 47.5 Å². The highest BCUT2D eigenvalue weighted by molar-refractivity contribution is 5.53. The van der Waals surface area contributed by atoms with Gasteiger partial charge in [0.2, 0.25) is 0 Å². The molecule has 4 fully saturated rings. The molecule has 224 valence electrons. The average molecular weight is 596 g/mol. The predicted molar refractivity (Wildman–Crippen MR) is 159 cm³/mol. The summed E-state index contributed by atoms with van der Waals surface area (Å²) in [5.41, 5.74) is 1.41. The summed E-state index contributed by atoms with van der Waals surface area (Å²) in [5.74, 6) is 2.34. The molecule has 0 radical (unpaired) electrons. The lowest BCUT2D eigenvalue weighted by molar-refractivity contribution is -0.386. The van der Waals surface area contributed by atoms with E-state index in [0.717, 1.165) is 32.5 Å². The zero-order valence-electron chi connectivity index (χ0n) is 23.5. The fourth-order valence-electron chi connectivity index (χ4n) is 7.83. The topological polar surface area (TPSA) is 148 Å². The Morgan fingerprint density at radius 1 is 0.636 bits per heavy atom. The summed E-state index contributed by atoms with van der Waals surface area (Å²) >= 11 is 0. The normalized spacial score (nSPS) is 22.8. The van der Waals surface area contributed by atoms with Crippen LogP contribution in [0.3, 0.4) is 0 Å². The van der Waals surface area contributed by atoms with Gasteiger partial charge in [-0.3, -0.25) is 20.2 Å². The monoisotopic (exact) mass is 595 g/mol. The van der Waals surface area contributed by atoms with Crippen LogP contribution < -0.4 is 9.47 Å². The van der Waals surface area contributed by atoms with Gasteiger partial charge in [-0.1, -0.05) is 24.3 Å². The van der Waals surface area contributed by atoms with Crippen LogP contribution in [0.2, 0.25) is 0 Å². The SMILES string of the molecule is O=[N+]([O-])c1ccc(Oc2ccc(C3(c4ccc(Oc5ccc([N+](=O)[O-])c(O)c5)cc4)C4CC5CC3CN(C5)C4)cc2)cc1O. The van der Waals surface area contributed by atoms with Crippen LogP contribution >= 0.6 is 0 Å². The van der Waals surface area contributed by atoms with Gasteiger partial charge in [-0.05, 0) is 78.1 Å². The molecule has 4 aromatic rings. The molecule has 4 aliphatic rings. The van der Waals surface area contributed by atoms with Crippen LogP contribution in [0.4, 0.5) is 11.4 Å². The lowest BCUT2D eigenvalue weighted by Gasteiger charge is -2.63. The van der Waals surface area contributed by atoms with Crippen molar-refractivity contribution in [3.8, 4) is 34.5 Å². The Labute approximate surface area is 252 Å². The molecule has 3 aliphatic heterocycles. The zero-order valence-corrected chi connectivity index (χ0v) is 23.5. The Morgan fingerprint density at radius 3 is 1.41 bits per heavy atom. The molecule has 0 amide bonds. The first-order valence-corrected chi connectivity index (χ1v) is 14.4. The molecule has 2 N–H and O–H groups in total. The summed E-state index contributed by atoms with van der Waals surface area (Å²) in [6, 6.07) is 23.8. The first-order chi connectivity index (χ1) is 21.2. The van der Waals surface area contributed by atoms with Gasteiger partial charge in [0, 0.05) is 49.3 Å². The van der Waals surface area contributed by atoms with Crippen molar-refractivity contribution in [1.82, 2.24) is 4.90 Å². The van der Waals surface area contributed by atoms with Crippen LogP contribution in [-0.4, -0.2) is 44.6 Å². The van der Waals surface area contributed by atoms with E-state index in [1.54, 1.807) is 0 Å². The van der Waals surface area contributed by atoms with Gasteiger partial charge in [-0.25, -0.2) is 0 Å². The molecule has 3 saturated heterocycles. The Hall–Kier alpha value is -5.16. The molecule has 4 bridgehead atoms. The van der Waals surface area contributed by atoms with E-state index >= 15 is 0 Å². The van der Waals surface area contributed by atoms with Crippen LogP contribution in [0.25, 0.3) is 0 Å². The Balaban J connectivity index is 1.19. The van der Waals surface area contributed by atoms with E-state index in [-0.39, 0.29) is 16.8 Å². The molecule has 2 unspecified atom stereocenters. The third-order valence-corrected chi connectivity index (χ3v) is 9.42. The van der Waals surface area contributed by atoms with Gasteiger partial charge in [-0.15, -0.1) is 0 Å². The molecular weight excluding hydrogens is 566 g/mol. The number of phenolic OH excluding ortho intramolecular Hbond substituents is 2. The van der Waals surface area contributed by atoms with Gasteiger partial charge >= 0.3 is 11.4 Å². The maximum atomic E-state index is 11.0. The fraction of sp³-hybridized carbons (Fsp3) is 0.273. The number of rotatable bonds is 8. The molecule has 2 atom stereocenters. The molecular formula is C33H29N3O8. The maximum absolute atomic E-state index is 11.0. The second-order valence-corrected chi connectivity index (χ2v) is 11.9. The minimum atomic E-state index is -0.645. The number of hydrogen-bond acceptors (Lipinski definition) is 9. The van der Waals surface area contributed by atoms with Gasteiger partial charge < -0.3 is 24.6 Å². The van der Waals surface area contributed by atoms with Crippen molar-refractivity contribution in [1.29, 1.82) is 0 Å². The molecule has 8 rings (SSSR count). The summed E-state index contributed by atoms with van der Waals surface area (Å²) < 4.78 is 11.9. The lowest BCUT2D eigenvalue weighted by atomic mass is 9.48. The van der Waals surface area contributed by atoms with Crippen molar-refractivity contribution < 1.29 is 29.5 Å². The molecule has 11 nitrogen and oxygen atoms in total. The maximum Gasteiger partial charge on any atom is 0.310 e. The zero-order chi connectivity index (χ0) is 30.6. The van der Waals surface area contributed by atoms with Crippen molar-refractivity contribution in [3.05, 3.63) is 116 Å². The number of nitrogens with zero attached hydrogens (tertiary/aromatic N) is 3. The van der Waals surface area contributed by atoms with Crippen LogP contribution in [0.1, 0.15) is 24.0 Å². The Kier molecular flexibility index (Phi) is 6.62. The quantitative estimate of drug-likeness (QED) is 0.166. The van der Waals surface area contributed by atoms with Crippen molar-refractivity contribution in [2.24, 2.45) is 17.8 Å². The van der Waals surface area contributed by atoms with Gasteiger partial charge in [0.1, 0.15) is 23.0 Å². The second kappa shape index (κ2) is 10.5. The highest BCUT2D eigenvalue weighted by Gasteiger charge is 2.58. The number of phenols is 2. The van der Waals surface area contributed by atoms with Crippen molar-refractivity contribution in [2.75, 3.05) is 19.6 Å².